The summed E-state index contributed by atoms with van der Waals surface area (Å²) in [6, 6.07) is 11.2. The molecule has 6 heteroatoms. The van der Waals surface area contributed by atoms with Gasteiger partial charge in [-0.15, -0.1) is 0 Å². The molecule has 0 saturated heterocycles. The number of nitrogens with one attached hydrogen (secondary N) is 2. The van der Waals surface area contributed by atoms with Crippen molar-refractivity contribution in [3.63, 3.8) is 0 Å². The lowest BCUT2D eigenvalue weighted by Gasteiger charge is -2.08. The maximum absolute atomic E-state index is 11.8. The van der Waals surface area contributed by atoms with Gasteiger partial charge in [-0.05, 0) is 35.9 Å². The fourth-order valence-corrected chi connectivity index (χ4v) is 2.14. The Morgan fingerprint density at radius 2 is 1.50 bits per heavy atom. The smallest absolute Gasteiger partial charge is 0.323 e. The van der Waals surface area contributed by atoms with Crippen molar-refractivity contribution < 1.29 is 9.90 Å². The van der Waals surface area contributed by atoms with Crippen molar-refractivity contribution in [2.24, 2.45) is 0 Å². The zero-order chi connectivity index (χ0) is 14.5. The molecule has 0 aliphatic rings. The summed E-state index contributed by atoms with van der Waals surface area (Å²) < 4.78 is 0. The van der Waals surface area contributed by atoms with Gasteiger partial charge in [0.2, 0.25) is 0 Å². The summed E-state index contributed by atoms with van der Waals surface area (Å²) in [4.78, 5) is 11.8. The van der Waals surface area contributed by atoms with E-state index in [0.29, 0.717) is 21.4 Å². The number of carbonyl (C=O) groups excluding carboxylic acids is 1. The molecule has 0 saturated carbocycles. The number of benzene rings is 2. The predicted molar refractivity (Wildman–Crippen MR) is 81.5 cm³/mol. The van der Waals surface area contributed by atoms with Crippen molar-refractivity contribution in [1.29, 1.82) is 0 Å². The number of anilines is 2. The van der Waals surface area contributed by atoms with Crippen LogP contribution in [-0.2, 0) is 6.61 Å². The van der Waals surface area contributed by atoms with Gasteiger partial charge >= 0.3 is 6.03 Å². The van der Waals surface area contributed by atoms with Gasteiger partial charge in [-0.1, -0.05) is 35.3 Å². The molecular formula is C14H12Cl2N2O2. The summed E-state index contributed by atoms with van der Waals surface area (Å²) in [5, 5.41) is 15.1. The van der Waals surface area contributed by atoms with E-state index in [2.05, 4.69) is 10.6 Å². The molecule has 3 N–H and O–H groups in total. The number of amides is 2. The van der Waals surface area contributed by atoms with Gasteiger partial charge < -0.3 is 15.7 Å². The number of hydrogen-bond acceptors (Lipinski definition) is 2. The van der Waals surface area contributed by atoms with Gasteiger partial charge in [0.15, 0.2) is 0 Å². The molecular weight excluding hydrogens is 299 g/mol. The monoisotopic (exact) mass is 310 g/mol. The fourth-order valence-electron chi connectivity index (χ4n) is 1.61. The fraction of sp³-hybridized carbons (Fsp3) is 0.0714. The molecule has 0 bridgehead atoms. The Bertz CT molecular complexity index is 595. The summed E-state index contributed by atoms with van der Waals surface area (Å²) in [5.41, 5.74) is 1.90. The van der Waals surface area contributed by atoms with Crippen molar-refractivity contribution in [3.05, 3.63) is 58.1 Å². The van der Waals surface area contributed by atoms with Crippen LogP contribution >= 0.6 is 23.2 Å². The van der Waals surface area contributed by atoms with Gasteiger partial charge in [-0.25, -0.2) is 4.79 Å². The van der Waals surface area contributed by atoms with E-state index < -0.39 is 6.03 Å². The van der Waals surface area contributed by atoms with Crippen molar-refractivity contribution in [3.8, 4) is 0 Å². The Hall–Kier alpha value is -1.75. The van der Waals surface area contributed by atoms with Crippen molar-refractivity contribution in [2.75, 3.05) is 10.6 Å². The van der Waals surface area contributed by atoms with Gasteiger partial charge in [0.05, 0.1) is 6.61 Å². The highest BCUT2D eigenvalue weighted by molar-refractivity contribution is 6.35. The van der Waals surface area contributed by atoms with Crippen LogP contribution in [0.4, 0.5) is 16.2 Å². The topological polar surface area (TPSA) is 61.4 Å². The van der Waals surface area contributed by atoms with E-state index in [-0.39, 0.29) is 6.61 Å². The Kier molecular flexibility index (Phi) is 4.84. The van der Waals surface area contributed by atoms with E-state index in [9.17, 15) is 4.79 Å². The predicted octanol–water partition coefficient (Wildman–Crippen LogP) is 4.13. The standard InChI is InChI=1S/C14H12Cl2N2O2/c15-10-5-11(16)7-13(6-10)18-14(20)17-12-3-1-9(8-19)2-4-12/h1-7,19H,8H2,(H2,17,18,20). The molecule has 20 heavy (non-hydrogen) atoms. The summed E-state index contributed by atoms with van der Waals surface area (Å²) in [6.07, 6.45) is 0. The molecule has 2 aromatic carbocycles. The number of urea groups is 1. The average molecular weight is 311 g/mol. The molecule has 0 aromatic heterocycles. The van der Waals surface area contributed by atoms with Gasteiger partial charge in [-0.3, -0.25) is 0 Å². The highest BCUT2D eigenvalue weighted by atomic mass is 35.5. The molecule has 0 radical (unpaired) electrons. The molecule has 0 spiro atoms. The highest BCUT2D eigenvalue weighted by Gasteiger charge is 2.04. The molecule has 0 aliphatic heterocycles. The number of hydrogen-bond donors (Lipinski definition) is 3. The third-order valence-electron chi connectivity index (χ3n) is 2.51. The Morgan fingerprint density at radius 1 is 0.950 bits per heavy atom. The first kappa shape index (κ1) is 14.7. The Labute approximate surface area is 126 Å². The second kappa shape index (κ2) is 6.61. The van der Waals surface area contributed by atoms with Gasteiger partial charge in [0.1, 0.15) is 0 Å². The lowest BCUT2D eigenvalue weighted by molar-refractivity contribution is 0.262. The quantitative estimate of drug-likeness (QED) is 0.798. The molecule has 0 heterocycles. The van der Waals surface area contributed by atoms with E-state index in [1.165, 1.54) is 0 Å². The van der Waals surface area contributed by atoms with Crippen molar-refractivity contribution in [1.82, 2.24) is 0 Å². The Morgan fingerprint density at radius 3 is 2.05 bits per heavy atom. The van der Waals surface area contributed by atoms with E-state index >= 15 is 0 Å². The number of aliphatic hydroxyl groups is 1. The van der Waals surface area contributed by atoms with Crippen LogP contribution in [0.5, 0.6) is 0 Å². The lowest BCUT2D eigenvalue weighted by atomic mass is 10.2. The van der Waals surface area contributed by atoms with Crippen LogP contribution in [0.1, 0.15) is 5.56 Å². The molecule has 0 unspecified atom stereocenters. The van der Waals surface area contributed by atoms with Gasteiger partial charge in [0, 0.05) is 21.4 Å². The molecule has 2 rings (SSSR count). The van der Waals surface area contributed by atoms with E-state index in [1.54, 1.807) is 42.5 Å². The van der Waals surface area contributed by atoms with Crippen LogP contribution in [0.3, 0.4) is 0 Å². The first-order valence-corrected chi connectivity index (χ1v) is 6.56. The largest absolute Gasteiger partial charge is 0.392 e. The molecule has 0 atom stereocenters. The van der Waals surface area contributed by atoms with E-state index in [1.807, 2.05) is 0 Å². The summed E-state index contributed by atoms with van der Waals surface area (Å²) in [5.74, 6) is 0. The van der Waals surface area contributed by atoms with Crippen molar-refractivity contribution >= 4 is 40.6 Å². The number of rotatable bonds is 3. The average Bonchev–Trinajstić information content (AvgIpc) is 2.38. The molecule has 0 aliphatic carbocycles. The van der Waals surface area contributed by atoms with Crippen LogP contribution in [0.2, 0.25) is 10.0 Å². The summed E-state index contributed by atoms with van der Waals surface area (Å²) in [7, 11) is 0. The molecule has 4 nitrogen and oxygen atoms in total. The third kappa shape index (κ3) is 4.13. The number of carbonyl (C=O) groups is 1. The van der Waals surface area contributed by atoms with E-state index in [4.69, 9.17) is 28.3 Å². The minimum Gasteiger partial charge on any atom is -0.392 e. The maximum atomic E-state index is 11.8. The van der Waals surface area contributed by atoms with Crippen LogP contribution in [0.25, 0.3) is 0 Å². The van der Waals surface area contributed by atoms with Crippen LogP contribution in [0.15, 0.2) is 42.5 Å². The van der Waals surface area contributed by atoms with Crippen LogP contribution in [-0.4, -0.2) is 11.1 Å². The lowest BCUT2D eigenvalue weighted by Crippen LogP contribution is -2.19. The molecule has 0 fully saturated rings. The highest BCUT2D eigenvalue weighted by Crippen LogP contribution is 2.22. The summed E-state index contributed by atoms with van der Waals surface area (Å²) in [6.45, 7) is -0.0342. The second-order valence-corrected chi connectivity index (χ2v) is 4.97. The minimum atomic E-state index is -0.403. The molecule has 2 amide bonds. The van der Waals surface area contributed by atoms with Crippen LogP contribution < -0.4 is 10.6 Å². The Balaban J connectivity index is 2.01. The maximum Gasteiger partial charge on any atom is 0.323 e. The minimum absolute atomic E-state index is 0.0342. The first-order valence-electron chi connectivity index (χ1n) is 5.81. The van der Waals surface area contributed by atoms with E-state index in [0.717, 1.165) is 5.56 Å². The van der Waals surface area contributed by atoms with Gasteiger partial charge in [-0.2, -0.15) is 0 Å². The molecule has 2 aromatic rings. The first-order chi connectivity index (χ1) is 9.56. The van der Waals surface area contributed by atoms with Crippen LogP contribution in [0, 0.1) is 0 Å². The SMILES string of the molecule is O=C(Nc1ccc(CO)cc1)Nc1cc(Cl)cc(Cl)c1. The normalized spacial score (nSPS) is 10.2. The van der Waals surface area contributed by atoms with Crippen molar-refractivity contribution in [2.45, 2.75) is 6.61 Å². The number of aliphatic hydroxyl groups excluding tert-OH is 1. The summed E-state index contributed by atoms with van der Waals surface area (Å²) >= 11 is 11.7. The molecule has 104 valence electrons. The second-order valence-electron chi connectivity index (χ2n) is 4.09. The number of halogens is 2. The zero-order valence-corrected chi connectivity index (χ0v) is 11.9. The van der Waals surface area contributed by atoms with Gasteiger partial charge in [0.25, 0.3) is 0 Å². The zero-order valence-electron chi connectivity index (χ0n) is 10.4. The third-order valence-corrected chi connectivity index (χ3v) is 2.95.